The van der Waals surface area contributed by atoms with Gasteiger partial charge in [-0.05, 0) is 37.3 Å². The van der Waals surface area contributed by atoms with Gasteiger partial charge in [0.2, 0.25) is 11.7 Å². The van der Waals surface area contributed by atoms with E-state index in [1.807, 2.05) is 13.0 Å². The van der Waals surface area contributed by atoms with Gasteiger partial charge in [0.25, 0.3) is 5.91 Å². The van der Waals surface area contributed by atoms with Gasteiger partial charge in [0.1, 0.15) is 12.3 Å². The smallest absolute Gasteiger partial charge is 0.255 e. The molecule has 0 aliphatic carbocycles. The minimum Gasteiger partial charge on any atom is -0.484 e. The molecule has 3 aromatic rings. The topological polar surface area (TPSA) is 109 Å². The molecule has 118 valence electrons. The predicted octanol–water partition coefficient (Wildman–Crippen LogP) is 1.15. The summed E-state index contributed by atoms with van der Waals surface area (Å²) in [5.74, 6) is 0.973. The quantitative estimate of drug-likeness (QED) is 0.731. The van der Waals surface area contributed by atoms with E-state index in [1.165, 1.54) is 0 Å². The number of primary amides is 1. The lowest BCUT2D eigenvalue weighted by atomic mass is 10.2. The van der Waals surface area contributed by atoms with Crippen molar-refractivity contribution in [2.24, 2.45) is 5.73 Å². The Balaban J connectivity index is 1.70. The second-order valence-corrected chi connectivity index (χ2v) is 4.92. The second kappa shape index (κ2) is 6.30. The van der Waals surface area contributed by atoms with Crippen LogP contribution in [0, 0.1) is 6.92 Å². The SMILES string of the molecule is Cc1ccnn1Cc1nc(-c2ccc(OCC(N)=O)cc2)no1. The van der Waals surface area contributed by atoms with Gasteiger partial charge in [-0.15, -0.1) is 0 Å². The van der Waals surface area contributed by atoms with Crippen molar-refractivity contribution < 1.29 is 14.1 Å². The first kappa shape index (κ1) is 14.8. The second-order valence-electron chi connectivity index (χ2n) is 4.92. The van der Waals surface area contributed by atoms with Gasteiger partial charge < -0.3 is 15.0 Å². The number of carbonyl (C=O) groups excluding carboxylic acids is 1. The molecule has 0 saturated heterocycles. The Bertz CT molecular complexity index is 807. The first-order valence-corrected chi connectivity index (χ1v) is 6.94. The summed E-state index contributed by atoms with van der Waals surface area (Å²) >= 11 is 0. The van der Waals surface area contributed by atoms with Crippen molar-refractivity contribution in [3.63, 3.8) is 0 Å². The van der Waals surface area contributed by atoms with Gasteiger partial charge in [-0.3, -0.25) is 9.48 Å². The number of aromatic nitrogens is 4. The van der Waals surface area contributed by atoms with Crippen LogP contribution in [0.3, 0.4) is 0 Å². The van der Waals surface area contributed by atoms with E-state index in [0.717, 1.165) is 11.3 Å². The minimum absolute atomic E-state index is 0.158. The lowest BCUT2D eigenvalue weighted by Crippen LogP contribution is -2.19. The third-order valence-electron chi connectivity index (χ3n) is 3.18. The van der Waals surface area contributed by atoms with Crippen molar-refractivity contribution in [1.29, 1.82) is 0 Å². The van der Waals surface area contributed by atoms with E-state index in [-0.39, 0.29) is 6.61 Å². The number of rotatable bonds is 6. The fraction of sp³-hybridized carbons (Fsp3) is 0.200. The number of nitrogens with zero attached hydrogens (tertiary/aromatic N) is 4. The number of amides is 1. The summed E-state index contributed by atoms with van der Waals surface area (Å²) in [6.45, 7) is 2.22. The Hall–Kier alpha value is -3.16. The van der Waals surface area contributed by atoms with Crippen LogP contribution in [0.1, 0.15) is 11.6 Å². The van der Waals surface area contributed by atoms with E-state index in [2.05, 4.69) is 15.2 Å². The first-order valence-electron chi connectivity index (χ1n) is 6.94. The monoisotopic (exact) mass is 313 g/mol. The van der Waals surface area contributed by atoms with Crippen molar-refractivity contribution in [2.75, 3.05) is 6.61 Å². The Morgan fingerprint density at radius 3 is 2.74 bits per heavy atom. The zero-order valence-electron chi connectivity index (χ0n) is 12.5. The van der Waals surface area contributed by atoms with Gasteiger partial charge in [-0.1, -0.05) is 5.16 Å². The maximum Gasteiger partial charge on any atom is 0.255 e. The van der Waals surface area contributed by atoms with Crippen LogP contribution in [0.15, 0.2) is 41.1 Å². The predicted molar refractivity (Wildman–Crippen MR) is 80.5 cm³/mol. The zero-order chi connectivity index (χ0) is 16.2. The first-order chi connectivity index (χ1) is 11.1. The Morgan fingerprint density at radius 2 is 2.09 bits per heavy atom. The summed E-state index contributed by atoms with van der Waals surface area (Å²) in [5.41, 5.74) is 6.82. The lowest BCUT2D eigenvalue weighted by Gasteiger charge is -2.03. The molecule has 1 amide bonds. The van der Waals surface area contributed by atoms with Gasteiger partial charge in [0.05, 0.1) is 0 Å². The van der Waals surface area contributed by atoms with Crippen LogP contribution in [0.2, 0.25) is 0 Å². The lowest BCUT2D eigenvalue weighted by molar-refractivity contribution is -0.119. The summed E-state index contributed by atoms with van der Waals surface area (Å²) in [6, 6.07) is 8.90. The van der Waals surface area contributed by atoms with Gasteiger partial charge >= 0.3 is 0 Å². The van der Waals surface area contributed by atoms with E-state index in [4.69, 9.17) is 15.0 Å². The van der Waals surface area contributed by atoms with E-state index in [9.17, 15) is 4.79 Å². The minimum atomic E-state index is -0.522. The van der Waals surface area contributed by atoms with E-state index in [1.54, 1.807) is 35.1 Å². The number of aryl methyl sites for hydroxylation is 1. The van der Waals surface area contributed by atoms with Crippen LogP contribution < -0.4 is 10.5 Å². The number of hydrogen-bond acceptors (Lipinski definition) is 6. The summed E-state index contributed by atoms with van der Waals surface area (Å²) in [4.78, 5) is 15.0. The normalized spacial score (nSPS) is 10.7. The molecular weight excluding hydrogens is 298 g/mol. The molecule has 23 heavy (non-hydrogen) atoms. The fourth-order valence-corrected chi connectivity index (χ4v) is 1.98. The van der Waals surface area contributed by atoms with E-state index >= 15 is 0 Å². The zero-order valence-corrected chi connectivity index (χ0v) is 12.5. The van der Waals surface area contributed by atoms with Gasteiger partial charge in [0, 0.05) is 17.5 Å². The van der Waals surface area contributed by atoms with Crippen molar-refractivity contribution >= 4 is 5.91 Å². The molecule has 0 radical (unpaired) electrons. The molecule has 2 heterocycles. The highest BCUT2D eigenvalue weighted by Gasteiger charge is 2.10. The Morgan fingerprint density at radius 1 is 1.30 bits per heavy atom. The fourth-order valence-electron chi connectivity index (χ4n) is 1.98. The molecule has 2 aromatic heterocycles. The van der Waals surface area contributed by atoms with Crippen LogP contribution in [-0.4, -0.2) is 32.4 Å². The molecule has 8 nitrogen and oxygen atoms in total. The molecule has 0 spiro atoms. The van der Waals surface area contributed by atoms with Gasteiger partial charge in [-0.2, -0.15) is 10.1 Å². The highest BCUT2D eigenvalue weighted by atomic mass is 16.5. The molecule has 0 bridgehead atoms. The molecule has 0 saturated carbocycles. The number of hydrogen-bond donors (Lipinski definition) is 1. The molecule has 0 atom stereocenters. The third kappa shape index (κ3) is 3.54. The standard InChI is InChI=1S/C15H15N5O3/c1-10-6-7-17-20(10)8-14-18-15(19-23-14)11-2-4-12(5-3-11)22-9-13(16)21/h2-7H,8-9H2,1H3,(H2,16,21). The molecule has 8 heteroatoms. The summed E-state index contributed by atoms with van der Waals surface area (Å²) in [6.07, 6.45) is 1.72. The third-order valence-corrected chi connectivity index (χ3v) is 3.18. The van der Waals surface area contributed by atoms with Crippen molar-refractivity contribution in [3.8, 4) is 17.1 Å². The average molecular weight is 313 g/mol. The molecule has 0 aliphatic rings. The largest absolute Gasteiger partial charge is 0.484 e. The number of nitrogens with two attached hydrogens (primary N) is 1. The van der Waals surface area contributed by atoms with Crippen molar-refractivity contribution in [1.82, 2.24) is 19.9 Å². The summed E-state index contributed by atoms with van der Waals surface area (Å²) in [7, 11) is 0. The van der Waals surface area contributed by atoms with E-state index < -0.39 is 5.91 Å². The molecule has 0 unspecified atom stereocenters. The van der Waals surface area contributed by atoms with Crippen molar-refractivity contribution in [2.45, 2.75) is 13.5 Å². The van der Waals surface area contributed by atoms with Crippen LogP contribution in [0.4, 0.5) is 0 Å². The number of benzene rings is 1. The molecular formula is C15H15N5O3. The molecule has 0 aliphatic heterocycles. The van der Waals surface area contributed by atoms with Gasteiger partial charge in [-0.25, -0.2) is 0 Å². The molecule has 3 rings (SSSR count). The maximum absolute atomic E-state index is 10.7. The molecule has 1 aromatic carbocycles. The average Bonchev–Trinajstić information content (AvgIpc) is 3.16. The van der Waals surface area contributed by atoms with Crippen LogP contribution in [-0.2, 0) is 11.3 Å². The summed E-state index contributed by atoms with van der Waals surface area (Å²) in [5, 5.41) is 8.13. The Labute approximate surface area is 131 Å². The number of ether oxygens (including phenoxy) is 1. The Kier molecular flexibility index (Phi) is 4.05. The van der Waals surface area contributed by atoms with E-state index in [0.29, 0.717) is 24.0 Å². The molecule has 0 fully saturated rings. The van der Waals surface area contributed by atoms with Crippen LogP contribution in [0.5, 0.6) is 5.75 Å². The summed E-state index contributed by atoms with van der Waals surface area (Å²) < 4.78 is 12.2. The maximum atomic E-state index is 10.7. The number of carbonyl (C=O) groups is 1. The van der Waals surface area contributed by atoms with Gasteiger partial charge in [0.15, 0.2) is 6.61 Å². The molecule has 2 N–H and O–H groups in total. The van der Waals surface area contributed by atoms with Crippen molar-refractivity contribution in [3.05, 3.63) is 48.1 Å². The van der Waals surface area contributed by atoms with Crippen LogP contribution in [0.25, 0.3) is 11.4 Å². The highest BCUT2D eigenvalue weighted by molar-refractivity contribution is 5.75. The highest BCUT2D eigenvalue weighted by Crippen LogP contribution is 2.20. The van der Waals surface area contributed by atoms with Crippen LogP contribution >= 0.6 is 0 Å².